The number of carbonyl (C=O) groups is 1. The van der Waals surface area contributed by atoms with Gasteiger partial charge in [0.2, 0.25) is 5.88 Å². The third-order valence-corrected chi connectivity index (χ3v) is 6.58. The molecular formula is C25H28N4O5S. The van der Waals surface area contributed by atoms with Gasteiger partial charge >= 0.3 is 0 Å². The monoisotopic (exact) mass is 496 g/mol. The maximum atomic E-state index is 13.1. The first kappa shape index (κ1) is 24.2. The number of aryl methyl sites for hydroxylation is 3. The number of sulfonamides is 1. The van der Waals surface area contributed by atoms with Crippen LogP contribution >= 0.6 is 0 Å². The van der Waals surface area contributed by atoms with Crippen molar-refractivity contribution in [2.45, 2.75) is 38.6 Å². The van der Waals surface area contributed by atoms with Crippen molar-refractivity contribution in [1.82, 2.24) is 14.7 Å². The second kappa shape index (κ2) is 9.75. The molecule has 4 rings (SSSR count). The van der Waals surface area contributed by atoms with Crippen LogP contribution in [0.1, 0.15) is 47.0 Å². The minimum atomic E-state index is -4.28. The van der Waals surface area contributed by atoms with E-state index in [9.17, 15) is 13.2 Å². The zero-order valence-corrected chi connectivity index (χ0v) is 20.5. The van der Waals surface area contributed by atoms with Crippen molar-refractivity contribution >= 4 is 27.5 Å². The number of ether oxygens (including phenoxy) is 2. The Labute approximate surface area is 205 Å². The van der Waals surface area contributed by atoms with Crippen LogP contribution in [-0.4, -0.2) is 30.9 Å². The third kappa shape index (κ3) is 5.43. The van der Waals surface area contributed by atoms with Crippen molar-refractivity contribution in [3.63, 3.8) is 0 Å². The zero-order chi connectivity index (χ0) is 25.2. The first-order chi connectivity index (χ1) is 16.6. The van der Waals surface area contributed by atoms with E-state index in [0.29, 0.717) is 23.8 Å². The lowest BCUT2D eigenvalue weighted by atomic mass is 10.1. The number of hydrogen-bond acceptors (Lipinski definition) is 8. The van der Waals surface area contributed by atoms with Gasteiger partial charge in [-0.2, -0.15) is 8.42 Å². The Morgan fingerprint density at radius 2 is 1.86 bits per heavy atom. The number of nitrogens with one attached hydrogen (secondary N) is 1. The molecule has 3 N–H and O–H groups in total. The molecule has 0 saturated carbocycles. The van der Waals surface area contributed by atoms with E-state index in [4.69, 9.17) is 15.2 Å². The summed E-state index contributed by atoms with van der Waals surface area (Å²) in [5, 5.41) is -0.371. The minimum Gasteiger partial charge on any atom is -0.492 e. The molecule has 0 spiro atoms. The number of carbonyl (C=O) groups excluding carboxylic acids is 1. The Morgan fingerprint density at radius 3 is 2.51 bits per heavy atom. The summed E-state index contributed by atoms with van der Waals surface area (Å²) in [4.78, 5) is 21.4. The number of anilines is 1. The summed E-state index contributed by atoms with van der Waals surface area (Å²) >= 11 is 0. The fourth-order valence-electron chi connectivity index (χ4n) is 3.80. The summed E-state index contributed by atoms with van der Waals surface area (Å²) < 4.78 is 39.4. The SMILES string of the molecule is Cc1cc(C)c(Oc2nc(C3=CCCCO3)ccc2C(=O)NS(=O)(=O)c2cccc(N)n2)c(C)c1.[HH]. The second-order valence-corrected chi connectivity index (χ2v) is 9.90. The van der Waals surface area contributed by atoms with Gasteiger partial charge in [0, 0.05) is 1.43 Å². The lowest BCUT2D eigenvalue weighted by Gasteiger charge is -2.18. The Kier molecular flexibility index (Phi) is 6.74. The standard InChI is InChI=1S/C25H26N4O5S.H2/c1-15-13-16(2)23(17(3)14-15)34-25-18(10-11-19(27-25)20-7-4-5-12-33-20)24(30)29-35(31,32)22-9-6-8-21(26)28-22;/h6-11,13-14H,4-5,12H2,1-3H3,(H2,26,28)(H,29,30);1H. The molecule has 184 valence electrons. The van der Waals surface area contributed by atoms with Gasteiger partial charge < -0.3 is 15.2 Å². The predicted octanol–water partition coefficient (Wildman–Crippen LogP) is 4.29. The van der Waals surface area contributed by atoms with Gasteiger partial charge in [0.15, 0.2) is 5.03 Å². The number of rotatable bonds is 6. The molecule has 0 fully saturated rings. The molecule has 1 aromatic carbocycles. The van der Waals surface area contributed by atoms with E-state index in [0.717, 1.165) is 29.5 Å². The Bertz CT molecular complexity index is 1420. The molecule has 0 atom stereocenters. The summed E-state index contributed by atoms with van der Waals surface area (Å²) in [5.41, 5.74) is 8.79. The van der Waals surface area contributed by atoms with Crippen LogP contribution in [0.3, 0.4) is 0 Å². The highest BCUT2D eigenvalue weighted by Crippen LogP contribution is 2.32. The van der Waals surface area contributed by atoms with E-state index in [1.807, 2.05) is 43.7 Å². The van der Waals surface area contributed by atoms with Crippen LogP contribution in [0.2, 0.25) is 0 Å². The van der Waals surface area contributed by atoms with Crippen molar-refractivity contribution < 1.29 is 24.1 Å². The quantitative estimate of drug-likeness (QED) is 0.516. The van der Waals surface area contributed by atoms with Crippen LogP contribution < -0.4 is 15.2 Å². The number of nitrogens with two attached hydrogens (primary N) is 1. The molecule has 10 heteroatoms. The number of pyridine rings is 2. The van der Waals surface area contributed by atoms with E-state index >= 15 is 0 Å². The molecule has 0 bridgehead atoms. The molecule has 1 amide bonds. The summed E-state index contributed by atoms with van der Waals surface area (Å²) in [6.07, 6.45) is 3.68. The van der Waals surface area contributed by atoms with Gasteiger partial charge in [0.25, 0.3) is 15.9 Å². The minimum absolute atomic E-state index is 0. The highest BCUT2D eigenvalue weighted by molar-refractivity contribution is 7.90. The lowest BCUT2D eigenvalue weighted by Crippen LogP contribution is -2.31. The van der Waals surface area contributed by atoms with Gasteiger partial charge in [0.05, 0.1) is 6.61 Å². The summed E-state index contributed by atoms with van der Waals surface area (Å²) in [5.74, 6) is 0.182. The van der Waals surface area contributed by atoms with Gasteiger partial charge in [-0.1, -0.05) is 23.8 Å². The summed E-state index contributed by atoms with van der Waals surface area (Å²) in [6.45, 7) is 6.32. The van der Waals surface area contributed by atoms with Crippen molar-refractivity contribution in [3.8, 4) is 11.6 Å². The number of aromatic nitrogens is 2. The molecule has 9 nitrogen and oxygen atoms in total. The molecule has 0 radical (unpaired) electrons. The van der Waals surface area contributed by atoms with Gasteiger partial charge in [-0.3, -0.25) is 4.79 Å². The molecule has 3 aromatic rings. The molecule has 2 aromatic heterocycles. The maximum absolute atomic E-state index is 13.1. The molecule has 3 heterocycles. The molecule has 1 aliphatic rings. The van der Waals surface area contributed by atoms with Crippen LogP contribution in [0, 0.1) is 20.8 Å². The van der Waals surface area contributed by atoms with Crippen molar-refractivity contribution in [1.29, 1.82) is 0 Å². The summed E-state index contributed by atoms with van der Waals surface area (Å²) in [6, 6.07) is 11.1. The van der Waals surface area contributed by atoms with Crippen LogP contribution in [-0.2, 0) is 14.8 Å². The zero-order valence-electron chi connectivity index (χ0n) is 19.7. The molecule has 0 aliphatic carbocycles. The Hall–Kier alpha value is -3.92. The van der Waals surface area contributed by atoms with E-state index in [2.05, 4.69) is 9.97 Å². The number of nitrogens with zero attached hydrogens (tertiary/aromatic N) is 2. The Balaban J connectivity index is 0.00000361. The highest BCUT2D eigenvalue weighted by Gasteiger charge is 2.25. The number of allylic oxidation sites excluding steroid dienone is 1. The fourth-order valence-corrected chi connectivity index (χ4v) is 4.74. The van der Waals surface area contributed by atoms with Crippen LogP contribution in [0.15, 0.2) is 53.6 Å². The van der Waals surface area contributed by atoms with Gasteiger partial charge in [-0.25, -0.2) is 14.7 Å². The number of nitrogen functional groups attached to an aromatic ring is 1. The van der Waals surface area contributed by atoms with E-state index in [1.54, 1.807) is 6.07 Å². The van der Waals surface area contributed by atoms with Crippen LogP contribution in [0.25, 0.3) is 5.76 Å². The molecule has 35 heavy (non-hydrogen) atoms. The topological polar surface area (TPSA) is 134 Å². The molecular weight excluding hydrogens is 468 g/mol. The average molecular weight is 497 g/mol. The van der Waals surface area contributed by atoms with Gasteiger partial charge in [-0.05, 0) is 75.1 Å². The van der Waals surface area contributed by atoms with Crippen molar-refractivity contribution in [2.24, 2.45) is 0 Å². The van der Waals surface area contributed by atoms with E-state index in [1.165, 1.54) is 24.3 Å². The van der Waals surface area contributed by atoms with Crippen molar-refractivity contribution in [2.75, 3.05) is 12.3 Å². The molecule has 0 saturated heterocycles. The molecule has 1 aliphatic heterocycles. The van der Waals surface area contributed by atoms with E-state index in [-0.39, 0.29) is 23.7 Å². The number of benzene rings is 1. The third-order valence-electron chi connectivity index (χ3n) is 5.34. The van der Waals surface area contributed by atoms with Gasteiger partial charge in [-0.15, -0.1) is 0 Å². The van der Waals surface area contributed by atoms with E-state index < -0.39 is 15.9 Å². The summed E-state index contributed by atoms with van der Waals surface area (Å²) in [7, 11) is -4.28. The Morgan fingerprint density at radius 1 is 1.11 bits per heavy atom. The molecule has 0 unspecified atom stereocenters. The number of amides is 1. The highest BCUT2D eigenvalue weighted by atomic mass is 32.2. The van der Waals surface area contributed by atoms with Gasteiger partial charge in [0.1, 0.15) is 28.6 Å². The van der Waals surface area contributed by atoms with Crippen LogP contribution in [0.4, 0.5) is 5.82 Å². The largest absolute Gasteiger partial charge is 0.492 e. The van der Waals surface area contributed by atoms with Crippen LogP contribution in [0.5, 0.6) is 11.6 Å². The number of hydrogen-bond donors (Lipinski definition) is 2. The van der Waals surface area contributed by atoms with Crippen molar-refractivity contribution in [3.05, 3.63) is 76.5 Å². The lowest BCUT2D eigenvalue weighted by molar-refractivity contribution is 0.0978. The second-order valence-electron chi connectivity index (χ2n) is 8.27. The first-order valence-electron chi connectivity index (χ1n) is 11.0. The average Bonchev–Trinajstić information content (AvgIpc) is 2.81. The maximum Gasteiger partial charge on any atom is 0.281 e. The predicted molar refractivity (Wildman–Crippen MR) is 134 cm³/mol. The normalized spacial score (nSPS) is 13.5. The first-order valence-corrected chi connectivity index (χ1v) is 12.5. The smallest absolute Gasteiger partial charge is 0.281 e. The fraction of sp³-hybridized carbons (Fsp3) is 0.240.